The Morgan fingerprint density at radius 3 is 2.79 bits per heavy atom. The molecule has 1 fully saturated rings. The normalized spacial score (nSPS) is 14.4. The first-order valence-electron chi connectivity index (χ1n) is 12.0. The predicted octanol–water partition coefficient (Wildman–Crippen LogP) is 5.32. The van der Waals surface area contributed by atoms with Crippen molar-refractivity contribution in [2.75, 3.05) is 56.7 Å². The molecule has 4 rings (SSSR count). The van der Waals surface area contributed by atoms with Crippen molar-refractivity contribution in [1.29, 1.82) is 0 Å². The lowest BCUT2D eigenvalue weighted by Gasteiger charge is -2.27. The molecule has 2 heterocycles. The highest BCUT2D eigenvalue weighted by atomic mass is 32.2. The summed E-state index contributed by atoms with van der Waals surface area (Å²) in [5.74, 6) is 1.92. The standard InChI is InChI=1S/C26H33N3O3S2/c1-2-32-21-11-12-23-24(20-21)34-26(27-23)29(14-7-13-28-15-17-31-18-16-28)25(30)10-6-19-33-22-8-4-3-5-9-22/h3-5,8-9,11-12,20H,2,6-7,10,13-19H2,1H3. The Morgan fingerprint density at radius 2 is 2.00 bits per heavy atom. The van der Waals surface area contributed by atoms with E-state index in [1.165, 1.54) is 4.90 Å². The number of benzene rings is 2. The Bertz CT molecular complexity index is 1040. The van der Waals surface area contributed by atoms with E-state index in [0.717, 1.165) is 72.5 Å². The number of anilines is 1. The summed E-state index contributed by atoms with van der Waals surface area (Å²) in [5, 5.41) is 0.784. The largest absolute Gasteiger partial charge is 0.494 e. The first-order valence-corrected chi connectivity index (χ1v) is 13.8. The van der Waals surface area contributed by atoms with Crippen molar-refractivity contribution >= 4 is 44.4 Å². The van der Waals surface area contributed by atoms with Gasteiger partial charge in [0.25, 0.3) is 0 Å². The molecule has 1 aliphatic heterocycles. The average Bonchev–Trinajstić information content (AvgIpc) is 3.29. The van der Waals surface area contributed by atoms with Gasteiger partial charge in [0.2, 0.25) is 5.91 Å². The molecule has 182 valence electrons. The molecule has 0 spiro atoms. The number of aromatic nitrogens is 1. The number of nitrogens with zero attached hydrogens (tertiary/aromatic N) is 3. The number of hydrogen-bond acceptors (Lipinski definition) is 7. The number of thiazole rings is 1. The summed E-state index contributed by atoms with van der Waals surface area (Å²) >= 11 is 3.37. The highest BCUT2D eigenvalue weighted by Gasteiger charge is 2.20. The Balaban J connectivity index is 1.39. The Labute approximate surface area is 210 Å². The van der Waals surface area contributed by atoms with Crippen LogP contribution in [0, 0.1) is 0 Å². The van der Waals surface area contributed by atoms with Crippen molar-refractivity contribution in [1.82, 2.24) is 9.88 Å². The lowest BCUT2D eigenvalue weighted by atomic mass is 10.2. The van der Waals surface area contributed by atoms with E-state index in [0.29, 0.717) is 19.6 Å². The van der Waals surface area contributed by atoms with Crippen LogP contribution in [-0.4, -0.2) is 67.5 Å². The monoisotopic (exact) mass is 499 g/mol. The molecule has 6 nitrogen and oxygen atoms in total. The second-order valence-corrected chi connectivity index (χ2v) is 10.4. The minimum Gasteiger partial charge on any atom is -0.494 e. The second kappa shape index (κ2) is 13.1. The molecule has 0 aliphatic carbocycles. The van der Waals surface area contributed by atoms with Crippen molar-refractivity contribution in [2.45, 2.75) is 31.1 Å². The molecule has 0 atom stereocenters. The smallest absolute Gasteiger partial charge is 0.228 e. The SMILES string of the molecule is CCOc1ccc2nc(N(CCCN3CCOCC3)C(=O)CCCSc3ccccc3)sc2c1. The van der Waals surface area contributed by atoms with Gasteiger partial charge >= 0.3 is 0 Å². The van der Waals surface area contributed by atoms with E-state index in [-0.39, 0.29) is 5.91 Å². The molecule has 1 saturated heterocycles. The molecule has 34 heavy (non-hydrogen) atoms. The molecule has 0 radical (unpaired) electrons. The van der Waals surface area contributed by atoms with Crippen molar-refractivity contribution in [3.05, 3.63) is 48.5 Å². The first kappa shape index (κ1) is 25.0. The maximum absolute atomic E-state index is 13.3. The molecule has 1 aromatic heterocycles. The number of ether oxygens (including phenoxy) is 2. The van der Waals surface area contributed by atoms with E-state index in [1.54, 1.807) is 23.1 Å². The number of rotatable bonds is 12. The Morgan fingerprint density at radius 1 is 1.18 bits per heavy atom. The summed E-state index contributed by atoms with van der Waals surface area (Å²) in [6, 6.07) is 16.3. The lowest BCUT2D eigenvalue weighted by molar-refractivity contribution is -0.118. The van der Waals surface area contributed by atoms with Crippen LogP contribution < -0.4 is 9.64 Å². The average molecular weight is 500 g/mol. The minimum atomic E-state index is 0.153. The molecule has 0 unspecified atom stereocenters. The van der Waals surface area contributed by atoms with Gasteiger partial charge in [0, 0.05) is 37.5 Å². The van der Waals surface area contributed by atoms with Gasteiger partial charge in [0.15, 0.2) is 5.13 Å². The maximum Gasteiger partial charge on any atom is 0.228 e. The highest BCUT2D eigenvalue weighted by molar-refractivity contribution is 7.99. The van der Waals surface area contributed by atoms with E-state index in [4.69, 9.17) is 14.5 Å². The summed E-state index contributed by atoms with van der Waals surface area (Å²) < 4.78 is 12.1. The van der Waals surface area contributed by atoms with E-state index < -0.39 is 0 Å². The van der Waals surface area contributed by atoms with Crippen LogP contribution in [0.5, 0.6) is 5.75 Å². The van der Waals surface area contributed by atoms with E-state index in [1.807, 2.05) is 48.2 Å². The third-order valence-corrected chi connectivity index (χ3v) is 7.84. The van der Waals surface area contributed by atoms with E-state index >= 15 is 0 Å². The minimum absolute atomic E-state index is 0.153. The van der Waals surface area contributed by atoms with Crippen LogP contribution in [0.1, 0.15) is 26.2 Å². The maximum atomic E-state index is 13.3. The number of fused-ring (bicyclic) bond motifs is 1. The van der Waals surface area contributed by atoms with Gasteiger partial charge in [-0.05, 0) is 55.9 Å². The lowest BCUT2D eigenvalue weighted by Crippen LogP contribution is -2.39. The number of thioether (sulfide) groups is 1. The van der Waals surface area contributed by atoms with Crippen LogP contribution in [0.2, 0.25) is 0 Å². The van der Waals surface area contributed by atoms with Crippen molar-refractivity contribution < 1.29 is 14.3 Å². The summed E-state index contributed by atoms with van der Waals surface area (Å²) in [6.45, 7) is 7.77. The van der Waals surface area contributed by atoms with Crippen molar-refractivity contribution in [2.24, 2.45) is 0 Å². The summed E-state index contributed by atoms with van der Waals surface area (Å²) in [7, 11) is 0. The van der Waals surface area contributed by atoms with Gasteiger partial charge in [-0.1, -0.05) is 29.5 Å². The van der Waals surface area contributed by atoms with Crippen LogP contribution in [0.15, 0.2) is 53.4 Å². The summed E-state index contributed by atoms with van der Waals surface area (Å²) in [4.78, 5) is 23.7. The molecule has 0 bridgehead atoms. The van der Waals surface area contributed by atoms with Crippen LogP contribution in [-0.2, 0) is 9.53 Å². The molecule has 8 heteroatoms. The van der Waals surface area contributed by atoms with Gasteiger partial charge in [-0.25, -0.2) is 4.98 Å². The second-order valence-electron chi connectivity index (χ2n) is 8.18. The zero-order chi connectivity index (χ0) is 23.6. The molecular weight excluding hydrogens is 466 g/mol. The topological polar surface area (TPSA) is 54.9 Å². The first-order chi connectivity index (χ1) is 16.7. The van der Waals surface area contributed by atoms with Crippen LogP contribution >= 0.6 is 23.1 Å². The van der Waals surface area contributed by atoms with Crippen molar-refractivity contribution in [3.63, 3.8) is 0 Å². The molecule has 1 aliphatic rings. The fourth-order valence-electron chi connectivity index (χ4n) is 3.93. The van der Waals surface area contributed by atoms with Gasteiger partial charge in [-0.3, -0.25) is 14.6 Å². The summed E-state index contributed by atoms with van der Waals surface area (Å²) in [6.07, 6.45) is 2.29. The van der Waals surface area contributed by atoms with Gasteiger partial charge in [0.1, 0.15) is 5.75 Å². The van der Waals surface area contributed by atoms with Crippen LogP contribution in [0.4, 0.5) is 5.13 Å². The van der Waals surface area contributed by atoms with Gasteiger partial charge < -0.3 is 9.47 Å². The van der Waals surface area contributed by atoms with E-state index in [2.05, 4.69) is 17.0 Å². The van der Waals surface area contributed by atoms with Gasteiger partial charge in [-0.2, -0.15) is 0 Å². The molecule has 0 saturated carbocycles. The predicted molar refractivity (Wildman–Crippen MR) is 141 cm³/mol. The number of carbonyl (C=O) groups excluding carboxylic acids is 1. The molecule has 2 aromatic carbocycles. The Hall–Kier alpha value is -2.13. The fourth-order valence-corrected chi connectivity index (χ4v) is 5.85. The quantitative estimate of drug-likeness (QED) is 0.248. The number of hydrogen-bond donors (Lipinski definition) is 0. The van der Waals surface area contributed by atoms with E-state index in [9.17, 15) is 4.79 Å². The van der Waals surface area contributed by atoms with Crippen LogP contribution in [0.25, 0.3) is 10.2 Å². The third-order valence-electron chi connectivity index (χ3n) is 5.70. The van der Waals surface area contributed by atoms with Gasteiger partial charge in [-0.15, -0.1) is 11.8 Å². The number of amides is 1. The fraction of sp³-hybridized carbons (Fsp3) is 0.462. The third kappa shape index (κ3) is 7.18. The van der Waals surface area contributed by atoms with Gasteiger partial charge in [0.05, 0.1) is 30.0 Å². The summed E-state index contributed by atoms with van der Waals surface area (Å²) in [5.41, 5.74) is 0.911. The molecule has 3 aromatic rings. The zero-order valence-corrected chi connectivity index (χ0v) is 21.4. The molecule has 0 N–H and O–H groups in total. The molecule has 1 amide bonds. The van der Waals surface area contributed by atoms with Crippen LogP contribution in [0.3, 0.4) is 0 Å². The number of carbonyl (C=O) groups is 1. The Kier molecular flexibility index (Phi) is 9.62. The molecular formula is C26H33N3O3S2. The number of morpholine rings is 1. The zero-order valence-electron chi connectivity index (χ0n) is 19.8. The highest BCUT2D eigenvalue weighted by Crippen LogP contribution is 2.32. The van der Waals surface area contributed by atoms with Crippen molar-refractivity contribution in [3.8, 4) is 5.75 Å².